The van der Waals surface area contributed by atoms with Gasteiger partial charge in [0.15, 0.2) is 10.8 Å². The highest BCUT2D eigenvalue weighted by atomic mass is 32.1. The van der Waals surface area contributed by atoms with E-state index in [1.54, 1.807) is 50.7 Å². The second kappa shape index (κ2) is 8.13. The smallest absolute Gasteiger partial charge is 0.265 e. The lowest BCUT2D eigenvalue weighted by molar-refractivity contribution is 0.0788. The first kappa shape index (κ1) is 18.8. The minimum atomic E-state index is -0.106. The summed E-state index contributed by atoms with van der Waals surface area (Å²) < 4.78 is 10.6. The van der Waals surface area contributed by atoms with Gasteiger partial charge in [-0.1, -0.05) is 0 Å². The molecule has 3 rings (SSSR count). The van der Waals surface area contributed by atoms with Crippen LogP contribution in [-0.4, -0.2) is 47.0 Å². The van der Waals surface area contributed by atoms with Gasteiger partial charge < -0.3 is 14.4 Å². The Bertz CT molecular complexity index is 943. The van der Waals surface area contributed by atoms with Crippen molar-refractivity contribution in [3.05, 3.63) is 52.8 Å². The highest BCUT2D eigenvalue weighted by molar-refractivity contribution is 7.17. The number of rotatable bonds is 6. The van der Waals surface area contributed by atoms with Crippen LogP contribution in [0.5, 0.6) is 11.5 Å². The first-order valence-electron chi connectivity index (χ1n) is 8.24. The molecule has 2 aromatic heterocycles. The van der Waals surface area contributed by atoms with Crippen LogP contribution in [0, 0.1) is 6.92 Å². The van der Waals surface area contributed by atoms with Crippen LogP contribution in [0.2, 0.25) is 0 Å². The van der Waals surface area contributed by atoms with Gasteiger partial charge in [-0.25, -0.2) is 15.0 Å². The fourth-order valence-corrected chi connectivity index (χ4v) is 3.59. The molecule has 0 aliphatic carbocycles. The van der Waals surface area contributed by atoms with E-state index in [1.807, 2.05) is 19.1 Å². The van der Waals surface area contributed by atoms with Gasteiger partial charge in [-0.3, -0.25) is 4.79 Å². The lowest BCUT2D eigenvalue weighted by Gasteiger charge is -2.18. The van der Waals surface area contributed by atoms with Crippen LogP contribution in [0.3, 0.4) is 0 Å². The predicted octanol–water partition coefficient (Wildman–Crippen LogP) is 3.20. The number of aryl methyl sites for hydroxylation is 1. The van der Waals surface area contributed by atoms with E-state index in [1.165, 1.54) is 11.3 Å². The molecule has 0 fully saturated rings. The van der Waals surface area contributed by atoms with Crippen molar-refractivity contribution in [2.45, 2.75) is 13.5 Å². The van der Waals surface area contributed by atoms with Gasteiger partial charge in [0.05, 0.1) is 19.9 Å². The molecular weight excluding hydrogens is 364 g/mol. The fraction of sp³-hybridized carbons (Fsp3) is 0.263. The van der Waals surface area contributed by atoms with E-state index >= 15 is 0 Å². The molecule has 0 saturated carbocycles. The zero-order valence-electron chi connectivity index (χ0n) is 15.6. The number of carbonyl (C=O) groups excluding carboxylic acids is 1. The van der Waals surface area contributed by atoms with Crippen molar-refractivity contribution in [3.63, 3.8) is 0 Å². The number of hydrogen-bond donors (Lipinski definition) is 0. The van der Waals surface area contributed by atoms with Crippen molar-refractivity contribution in [1.82, 2.24) is 19.9 Å². The zero-order valence-corrected chi connectivity index (χ0v) is 16.4. The molecule has 0 aliphatic rings. The molecule has 0 aliphatic heterocycles. The molecule has 0 radical (unpaired) electrons. The van der Waals surface area contributed by atoms with E-state index in [4.69, 9.17) is 9.47 Å². The molecule has 0 spiro atoms. The lowest BCUT2D eigenvalue weighted by Crippen LogP contribution is -2.26. The summed E-state index contributed by atoms with van der Waals surface area (Å²) in [7, 11) is 4.95. The van der Waals surface area contributed by atoms with Gasteiger partial charge in [-0.2, -0.15) is 0 Å². The van der Waals surface area contributed by atoms with Crippen LogP contribution in [0.1, 0.15) is 20.9 Å². The van der Waals surface area contributed by atoms with Crippen molar-refractivity contribution >= 4 is 17.2 Å². The van der Waals surface area contributed by atoms with Gasteiger partial charge in [0.1, 0.15) is 16.4 Å². The molecule has 1 aromatic carbocycles. The maximum absolute atomic E-state index is 12.9. The van der Waals surface area contributed by atoms with Gasteiger partial charge in [0.2, 0.25) is 0 Å². The van der Waals surface area contributed by atoms with Gasteiger partial charge >= 0.3 is 0 Å². The molecule has 0 unspecified atom stereocenters. The molecule has 1 amide bonds. The summed E-state index contributed by atoms with van der Waals surface area (Å²) >= 11 is 1.30. The van der Waals surface area contributed by atoms with E-state index in [2.05, 4.69) is 15.0 Å². The average molecular weight is 384 g/mol. The van der Waals surface area contributed by atoms with Gasteiger partial charge in [0, 0.05) is 37.6 Å². The van der Waals surface area contributed by atoms with Crippen LogP contribution in [0.15, 0.2) is 36.7 Å². The minimum absolute atomic E-state index is 0.106. The number of methoxy groups -OCH3 is 2. The first-order chi connectivity index (χ1) is 13.0. The van der Waals surface area contributed by atoms with E-state index in [-0.39, 0.29) is 5.91 Å². The largest absolute Gasteiger partial charge is 0.497 e. The molecule has 3 aromatic rings. The molecule has 0 saturated heterocycles. The number of hydrogen-bond acceptors (Lipinski definition) is 7. The summed E-state index contributed by atoms with van der Waals surface area (Å²) in [4.78, 5) is 28.0. The quantitative estimate of drug-likeness (QED) is 0.649. The SMILES string of the molecule is COc1ccc(CN(C)C(=O)c2sc(-c3ncccn3)nc2C)c(OC)c1. The Kier molecular flexibility index (Phi) is 5.66. The zero-order chi connectivity index (χ0) is 19.4. The van der Waals surface area contributed by atoms with Gasteiger partial charge in [-0.15, -0.1) is 11.3 Å². The first-order valence-corrected chi connectivity index (χ1v) is 9.06. The fourth-order valence-electron chi connectivity index (χ4n) is 2.58. The molecule has 0 N–H and O–H groups in total. The third-order valence-electron chi connectivity index (χ3n) is 4.00. The summed E-state index contributed by atoms with van der Waals surface area (Å²) in [5, 5.41) is 0.631. The molecule has 7 nitrogen and oxygen atoms in total. The number of carbonyl (C=O) groups is 1. The summed E-state index contributed by atoms with van der Waals surface area (Å²) in [5.74, 6) is 1.79. The highest BCUT2D eigenvalue weighted by Gasteiger charge is 2.21. The Labute approximate surface area is 161 Å². The number of ether oxygens (including phenoxy) is 2. The maximum Gasteiger partial charge on any atom is 0.265 e. The Hall–Kier alpha value is -3.00. The standard InChI is InChI=1S/C19H20N4O3S/c1-12-16(27-18(22-12)17-20-8-5-9-21-17)19(24)23(2)11-13-6-7-14(25-3)10-15(13)26-4/h5-10H,11H2,1-4H3. The van der Waals surface area contributed by atoms with E-state index in [0.29, 0.717) is 39.4 Å². The summed E-state index contributed by atoms with van der Waals surface area (Å²) in [6, 6.07) is 7.28. The van der Waals surface area contributed by atoms with Crippen LogP contribution < -0.4 is 9.47 Å². The number of benzene rings is 1. The molecule has 0 atom stereocenters. The van der Waals surface area contributed by atoms with E-state index < -0.39 is 0 Å². The predicted molar refractivity (Wildman–Crippen MR) is 103 cm³/mol. The number of thiazole rings is 1. The summed E-state index contributed by atoms with van der Waals surface area (Å²) in [5.41, 5.74) is 1.56. The minimum Gasteiger partial charge on any atom is -0.497 e. The maximum atomic E-state index is 12.9. The van der Waals surface area contributed by atoms with Crippen molar-refractivity contribution < 1.29 is 14.3 Å². The van der Waals surface area contributed by atoms with Gasteiger partial charge in [-0.05, 0) is 25.1 Å². The van der Waals surface area contributed by atoms with E-state index in [9.17, 15) is 4.79 Å². The van der Waals surface area contributed by atoms with Crippen molar-refractivity contribution in [2.75, 3.05) is 21.3 Å². The third-order valence-corrected chi connectivity index (χ3v) is 5.14. The molecule has 0 bridgehead atoms. The summed E-state index contributed by atoms with van der Waals surface area (Å²) in [6.07, 6.45) is 3.31. The normalized spacial score (nSPS) is 10.5. The molecular formula is C19H20N4O3S. The van der Waals surface area contributed by atoms with Crippen molar-refractivity contribution in [1.29, 1.82) is 0 Å². The molecule has 8 heteroatoms. The number of aromatic nitrogens is 3. The number of amides is 1. The van der Waals surface area contributed by atoms with Crippen molar-refractivity contribution in [3.8, 4) is 22.3 Å². The molecule has 27 heavy (non-hydrogen) atoms. The highest BCUT2D eigenvalue weighted by Crippen LogP contribution is 2.28. The van der Waals surface area contributed by atoms with Crippen LogP contribution >= 0.6 is 11.3 Å². The topological polar surface area (TPSA) is 77.4 Å². The number of nitrogens with zero attached hydrogens (tertiary/aromatic N) is 4. The Morgan fingerprint density at radius 3 is 2.59 bits per heavy atom. The van der Waals surface area contributed by atoms with E-state index in [0.717, 1.165) is 5.56 Å². The molecule has 2 heterocycles. The van der Waals surface area contributed by atoms with Crippen LogP contribution in [0.25, 0.3) is 10.8 Å². The van der Waals surface area contributed by atoms with Crippen LogP contribution in [-0.2, 0) is 6.54 Å². The van der Waals surface area contributed by atoms with Crippen molar-refractivity contribution in [2.24, 2.45) is 0 Å². The Balaban J connectivity index is 1.81. The second-order valence-corrected chi connectivity index (χ2v) is 6.84. The van der Waals surface area contributed by atoms with Gasteiger partial charge in [0.25, 0.3) is 5.91 Å². The Morgan fingerprint density at radius 1 is 1.19 bits per heavy atom. The monoisotopic (exact) mass is 384 g/mol. The lowest BCUT2D eigenvalue weighted by atomic mass is 10.1. The Morgan fingerprint density at radius 2 is 1.93 bits per heavy atom. The average Bonchev–Trinajstić information content (AvgIpc) is 3.09. The second-order valence-electron chi connectivity index (χ2n) is 5.84. The molecule has 140 valence electrons. The third kappa shape index (κ3) is 4.06. The van der Waals surface area contributed by atoms with Crippen LogP contribution in [0.4, 0.5) is 0 Å². The summed E-state index contributed by atoms with van der Waals surface area (Å²) in [6.45, 7) is 2.22.